The van der Waals surface area contributed by atoms with E-state index in [2.05, 4.69) is 4.98 Å². The second-order valence-electron chi connectivity index (χ2n) is 5.06. The monoisotopic (exact) mass is 316 g/mol. The molecule has 1 amide bonds. The number of carbonyl (C=O) groups is 1. The third kappa shape index (κ3) is 3.05. The largest absolute Gasteiger partial charge is 0.459 e. The van der Waals surface area contributed by atoms with Gasteiger partial charge in [0.2, 0.25) is 17.5 Å². The van der Waals surface area contributed by atoms with Crippen LogP contribution in [0.25, 0.3) is 11.7 Å². The Kier molecular flexibility index (Phi) is 4.30. The minimum atomic E-state index is -0.0403. The lowest BCUT2D eigenvalue weighted by molar-refractivity contribution is -0.135. The molecule has 0 saturated carbocycles. The topological polar surface area (TPSA) is 95.7 Å². The Bertz CT molecular complexity index is 708. The van der Waals surface area contributed by atoms with Crippen LogP contribution in [0.3, 0.4) is 0 Å². The summed E-state index contributed by atoms with van der Waals surface area (Å²) in [5.41, 5.74) is 0.216. The molecule has 0 aromatic carbocycles. The third-order valence-electron chi connectivity index (χ3n) is 3.63. The molecular formula is C15H16N4O4. The maximum absolute atomic E-state index is 11.8. The maximum Gasteiger partial charge on any atom is 0.266 e. The van der Waals surface area contributed by atoms with Crippen molar-refractivity contribution in [2.45, 2.75) is 0 Å². The van der Waals surface area contributed by atoms with E-state index in [1.165, 1.54) is 13.4 Å². The predicted molar refractivity (Wildman–Crippen MR) is 79.6 cm³/mol. The summed E-state index contributed by atoms with van der Waals surface area (Å²) < 4.78 is 15.8. The Morgan fingerprint density at radius 2 is 2.22 bits per heavy atom. The molecule has 2 aromatic heterocycles. The second kappa shape index (κ2) is 6.54. The number of ether oxygens (including phenoxy) is 1. The van der Waals surface area contributed by atoms with Gasteiger partial charge in [0, 0.05) is 33.3 Å². The van der Waals surface area contributed by atoms with Crippen molar-refractivity contribution in [1.29, 1.82) is 5.26 Å². The number of amides is 1. The van der Waals surface area contributed by atoms with Crippen LogP contribution in [-0.4, -0.2) is 55.7 Å². The van der Waals surface area contributed by atoms with Gasteiger partial charge in [-0.15, -0.1) is 0 Å². The van der Waals surface area contributed by atoms with E-state index in [1.807, 2.05) is 11.0 Å². The number of oxazole rings is 1. The first kappa shape index (κ1) is 15.1. The SMILES string of the molecule is COCC(=O)N1CCN(c2oc(-c3ccco3)nc2C#N)CC1. The Morgan fingerprint density at radius 3 is 2.83 bits per heavy atom. The van der Waals surface area contributed by atoms with Crippen molar-refractivity contribution in [2.24, 2.45) is 0 Å². The average molecular weight is 316 g/mol. The number of hydrogen-bond acceptors (Lipinski definition) is 7. The number of nitrogens with zero attached hydrogens (tertiary/aromatic N) is 4. The van der Waals surface area contributed by atoms with Gasteiger partial charge >= 0.3 is 0 Å². The minimum Gasteiger partial charge on any atom is -0.459 e. The van der Waals surface area contributed by atoms with Crippen molar-refractivity contribution in [2.75, 3.05) is 44.8 Å². The van der Waals surface area contributed by atoms with E-state index in [4.69, 9.17) is 13.6 Å². The van der Waals surface area contributed by atoms with Gasteiger partial charge in [-0.3, -0.25) is 4.79 Å². The Labute approximate surface area is 132 Å². The number of carbonyl (C=O) groups excluding carboxylic acids is 1. The van der Waals surface area contributed by atoms with Gasteiger partial charge in [0.1, 0.15) is 12.7 Å². The van der Waals surface area contributed by atoms with Crippen LogP contribution in [0.5, 0.6) is 0 Å². The van der Waals surface area contributed by atoms with Gasteiger partial charge in [-0.05, 0) is 12.1 Å². The zero-order valence-electron chi connectivity index (χ0n) is 12.7. The molecule has 1 aliphatic heterocycles. The van der Waals surface area contributed by atoms with Crippen LogP contribution in [-0.2, 0) is 9.53 Å². The average Bonchev–Trinajstić information content (AvgIpc) is 3.24. The molecule has 0 bridgehead atoms. The highest BCUT2D eigenvalue weighted by atomic mass is 16.5. The number of aromatic nitrogens is 1. The van der Waals surface area contributed by atoms with E-state index in [1.54, 1.807) is 17.0 Å². The van der Waals surface area contributed by atoms with E-state index in [9.17, 15) is 10.1 Å². The van der Waals surface area contributed by atoms with Crippen LogP contribution in [0.15, 0.2) is 27.2 Å². The summed E-state index contributed by atoms with van der Waals surface area (Å²) in [5.74, 6) is 1.13. The highest BCUT2D eigenvalue weighted by Crippen LogP contribution is 2.28. The standard InChI is InChI=1S/C15H16N4O4/c1-21-10-13(20)18-4-6-19(7-5-18)15-11(9-16)17-14(23-15)12-3-2-8-22-12/h2-3,8H,4-7,10H2,1H3. The summed E-state index contributed by atoms with van der Waals surface area (Å²) in [7, 11) is 1.50. The summed E-state index contributed by atoms with van der Waals surface area (Å²) in [6.45, 7) is 2.30. The van der Waals surface area contributed by atoms with Gasteiger partial charge in [0.15, 0.2) is 5.76 Å². The summed E-state index contributed by atoms with van der Waals surface area (Å²) in [6.07, 6.45) is 1.52. The summed E-state index contributed by atoms with van der Waals surface area (Å²) in [4.78, 5) is 19.6. The van der Waals surface area contributed by atoms with E-state index in [-0.39, 0.29) is 24.1 Å². The summed E-state index contributed by atoms with van der Waals surface area (Å²) >= 11 is 0. The van der Waals surface area contributed by atoms with Crippen LogP contribution in [0.2, 0.25) is 0 Å². The quantitative estimate of drug-likeness (QED) is 0.833. The van der Waals surface area contributed by atoms with E-state index in [0.29, 0.717) is 37.8 Å². The summed E-state index contributed by atoms with van der Waals surface area (Å²) in [5, 5.41) is 9.26. The van der Waals surface area contributed by atoms with Crippen molar-refractivity contribution < 1.29 is 18.4 Å². The van der Waals surface area contributed by atoms with Crippen molar-refractivity contribution in [1.82, 2.24) is 9.88 Å². The highest BCUT2D eigenvalue weighted by molar-refractivity contribution is 5.77. The lowest BCUT2D eigenvalue weighted by Gasteiger charge is -2.34. The fourth-order valence-electron chi connectivity index (χ4n) is 2.48. The van der Waals surface area contributed by atoms with Crippen molar-refractivity contribution in [3.05, 3.63) is 24.1 Å². The molecule has 0 unspecified atom stereocenters. The fraction of sp³-hybridized carbons (Fsp3) is 0.400. The van der Waals surface area contributed by atoms with Gasteiger partial charge in [-0.1, -0.05) is 0 Å². The number of nitriles is 1. The number of furan rings is 1. The number of piperazine rings is 1. The molecule has 0 spiro atoms. The van der Waals surface area contributed by atoms with Gasteiger partial charge in [-0.2, -0.15) is 10.2 Å². The Morgan fingerprint density at radius 1 is 1.43 bits per heavy atom. The third-order valence-corrected chi connectivity index (χ3v) is 3.63. The minimum absolute atomic E-state index is 0.0403. The number of anilines is 1. The lowest BCUT2D eigenvalue weighted by Crippen LogP contribution is -2.49. The molecule has 8 heteroatoms. The molecule has 0 atom stereocenters. The van der Waals surface area contributed by atoms with Gasteiger partial charge in [0.05, 0.1) is 6.26 Å². The Hall–Kier alpha value is -2.79. The molecule has 0 N–H and O–H groups in total. The van der Waals surface area contributed by atoms with Gasteiger partial charge in [0.25, 0.3) is 5.89 Å². The van der Waals surface area contributed by atoms with E-state index in [0.717, 1.165) is 0 Å². The highest BCUT2D eigenvalue weighted by Gasteiger charge is 2.26. The molecule has 3 heterocycles. The predicted octanol–water partition coefficient (Wildman–Crippen LogP) is 1.10. The van der Waals surface area contributed by atoms with Crippen LogP contribution in [0.1, 0.15) is 5.69 Å². The first-order chi connectivity index (χ1) is 11.2. The first-order valence-corrected chi connectivity index (χ1v) is 7.19. The lowest BCUT2D eigenvalue weighted by atomic mass is 10.3. The zero-order chi connectivity index (χ0) is 16.2. The van der Waals surface area contributed by atoms with Crippen molar-refractivity contribution >= 4 is 11.8 Å². The Balaban J connectivity index is 1.73. The van der Waals surface area contributed by atoms with Crippen molar-refractivity contribution in [3.63, 3.8) is 0 Å². The number of hydrogen-bond donors (Lipinski definition) is 0. The smallest absolute Gasteiger partial charge is 0.266 e. The molecule has 23 heavy (non-hydrogen) atoms. The van der Waals surface area contributed by atoms with Crippen LogP contribution in [0.4, 0.5) is 5.88 Å². The van der Waals surface area contributed by atoms with Crippen LogP contribution >= 0.6 is 0 Å². The summed E-state index contributed by atoms with van der Waals surface area (Å²) in [6, 6.07) is 5.49. The maximum atomic E-state index is 11.8. The van der Waals surface area contributed by atoms with Gasteiger partial charge < -0.3 is 23.4 Å². The zero-order valence-corrected chi connectivity index (χ0v) is 12.7. The molecule has 2 aromatic rings. The molecule has 1 aliphatic rings. The van der Waals surface area contributed by atoms with Crippen molar-refractivity contribution in [3.8, 4) is 17.7 Å². The molecule has 3 rings (SSSR count). The fourth-order valence-corrected chi connectivity index (χ4v) is 2.48. The molecule has 1 fully saturated rings. The molecule has 8 nitrogen and oxygen atoms in total. The molecule has 0 aliphatic carbocycles. The van der Waals surface area contributed by atoms with E-state index < -0.39 is 0 Å². The number of methoxy groups -OCH3 is 1. The normalized spacial score (nSPS) is 14.8. The number of rotatable bonds is 4. The van der Waals surface area contributed by atoms with Crippen LogP contribution in [0, 0.1) is 11.3 Å². The molecule has 0 radical (unpaired) electrons. The van der Waals surface area contributed by atoms with E-state index >= 15 is 0 Å². The molecule has 120 valence electrons. The molecular weight excluding hydrogens is 300 g/mol. The second-order valence-corrected chi connectivity index (χ2v) is 5.06. The first-order valence-electron chi connectivity index (χ1n) is 7.19. The van der Waals surface area contributed by atoms with Crippen LogP contribution < -0.4 is 4.90 Å². The van der Waals surface area contributed by atoms with Gasteiger partial charge in [-0.25, -0.2) is 0 Å². The molecule has 1 saturated heterocycles.